The van der Waals surface area contributed by atoms with Crippen LogP contribution in [0.4, 0.5) is 0 Å². The number of nitrogens with one attached hydrogen (secondary N) is 2. The van der Waals surface area contributed by atoms with Crippen LogP contribution in [0.15, 0.2) is 34.0 Å². The van der Waals surface area contributed by atoms with Crippen molar-refractivity contribution in [2.75, 3.05) is 33.2 Å². The van der Waals surface area contributed by atoms with E-state index in [4.69, 9.17) is 0 Å². The lowest BCUT2D eigenvalue weighted by molar-refractivity contribution is 0.470. The number of hydrogen-bond donors (Lipinski definition) is 2. The Morgan fingerprint density at radius 1 is 1.44 bits per heavy atom. The van der Waals surface area contributed by atoms with E-state index in [1.54, 1.807) is 12.1 Å². The van der Waals surface area contributed by atoms with E-state index in [9.17, 15) is 8.42 Å². The van der Waals surface area contributed by atoms with Crippen LogP contribution in [-0.4, -0.2) is 52.5 Å². The Kier molecular flexibility index (Phi) is 12.3. The lowest BCUT2D eigenvalue weighted by Crippen LogP contribution is -2.40. The van der Waals surface area contributed by atoms with Gasteiger partial charge in [0.25, 0.3) is 0 Å². The third kappa shape index (κ3) is 9.02. The zero-order chi connectivity index (χ0) is 18.0. The molecule has 0 saturated carbocycles. The molecule has 9 heteroatoms. The molecule has 0 spiro atoms. The van der Waals surface area contributed by atoms with Crippen molar-refractivity contribution in [3.63, 3.8) is 0 Å². The van der Waals surface area contributed by atoms with Crippen LogP contribution in [0, 0.1) is 6.92 Å². The first-order chi connectivity index (χ1) is 11.4. The number of hydrogen-bond acceptors (Lipinski definition) is 4. The second-order valence-corrected chi connectivity index (χ2v) is 8.63. The quantitative estimate of drug-likeness (QED) is 0.170. The molecule has 1 rings (SSSR count). The summed E-state index contributed by atoms with van der Waals surface area (Å²) in [6.07, 6.45) is 3.87. The molecule has 0 radical (unpaired) electrons. The maximum atomic E-state index is 12.1. The fourth-order valence-corrected chi connectivity index (χ4v) is 4.37. The van der Waals surface area contributed by atoms with Crippen molar-refractivity contribution >= 4 is 51.3 Å². The van der Waals surface area contributed by atoms with Gasteiger partial charge in [-0.15, -0.1) is 41.9 Å². The molecule has 1 heterocycles. The van der Waals surface area contributed by atoms with Crippen molar-refractivity contribution in [3.05, 3.63) is 29.7 Å². The molecule has 0 aliphatic rings. The van der Waals surface area contributed by atoms with Crippen LogP contribution >= 0.6 is 35.3 Å². The summed E-state index contributed by atoms with van der Waals surface area (Å²) in [7, 11) is -1.46. The number of guanidine groups is 1. The summed E-state index contributed by atoms with van der Waals surface area (Å²) >= 11 is 1.27. The van der Waals surface area contributed by atoms with Gasteiger partial charge in [0.2, 0.25) is 10.0 Å². The maximum Gasteiger partial charge on any atom is 0.250 e. The molecule has 6 nitrogen and oxygen atoms in total. The highest BCUT2D eigenvalue weighted by Crippen LogP contribution is 2.19. The smallest absolute Gasteiger partial charge is 0.250 e. The van der Waals surface area contributed by atoms with Gasteiger partial charge in [0.15, 0.2) is 5.96 Å². The third-order valence-corrected chi connectivity index (χ3v) is 6.20. The number of thiophene rings is 1. The molecule has 0 saturated heterocycles. The van der Waals surface area contributed by atoms with E-state index in [-0.39, 0.29) is 30.5 Å². The molecule has 0 aromatic carbocycles. The molecule has 0 aliphatic carbocycles. The van der Waals surface area contributed by atoms with Crippen LogP contribution < -0.4 is 10.0 Å². The third-order valence-electron chi connectivity index (χ3n) is 3.24. The van der Waals surface area contributed by atoms with E-state index in [1.165, 1.54) is 11.3 Å². The molecule has 2 N–H and O–H groups in total. The molecule has 0 bridgehead atoms. The van der Waals surface area contributed by atoms with Gasteiger partial charge >= 0.3 is 0 Å². The fourth-order valence-electron chi connectivity index (χ4n) is 2.02. The second kappa shape index (κ2) is 12.7. The summed E-state index contributed by atoms with van der Waals surface area (Å²) in [5.41, 5.74) is 0. The van der Waals surface area contributed by atoms with Gasteiger partial charge in [-0.05, 0) is 38.8 Å². The molecule has 144 valence electrons. The van der Waals surface area contributed by atoms with E-state index in [2.05, 4.69) is 21.6 Å². The highest BCUT2D eigenvalue weighted by atomic mass is 127. The van der Waals surface area contributed by atoms with Gasteiger partial charge in [-0.3, -0.25) is 4.99 Å². The van der Waals surface area contributed by atoms with Crippen LogP contribution in [0.2, 0.25) is 0 Å². The number of halogens is 1. The van der Waals surface area contributed by atoms with Gasteiger partial charge in [-0.2, -0.15) is 0 Å². The fraction of sp³-hybridized carbons (Fsp3) is 0.562. The minimum absolute atomic E-state index is 0. The molecule has 25 heavy (non-hydrogen) atoms. The second-order valence-electron chi connectivity index (χ2n) is 5.35. The molecule has 0 atom stereocenters. The summed E-state index contributed by atoms with van der Waals surface area (Å²) in [6.45, 7) is 9.92. The van der Waals surface area contributed by atoms with Crippen LogP contribution in [0.25, 0.3) is 0 Å². The number of aliphatic imine (C=N–C) groups is 1. The molecular formula is C16H29IN4O2S2. The number of allylic oxidation sites excluding steroid dienone is 1. The molecule has 0 unspecified atom stereocenters. The van der Waals surface area contributed by atoms with Crippen LogP contribution in [0.5, 0.6) is 0 Å². The predicted octanol–water partition coefficient (Wildman–Crippen LogP) is 2.82. The summed E-state index contributed by atoms with van der Waals surface area (Å²) in [5.74, 6) is 0.785. The Hall–Kier alpha value is -0.650. The molecule has 0 amide bonds. The Morgan fingerprint density at radius 2 is 2.16 bits per heavy atom. The molecule has 0 aliphatic heterocycles. The van der Waals surface area contributed by atoms with E-state index in [1.807, 2.05) is 31.9 Å². The Morgan fingerprint density at radius 3 is 2.72 bits per heavy atom. The van der Waals surface area contributed by atoms with Gasteiger partial charge in [0.05, 0.1) is 6.54 Å². The summed E-state index contributed by atoms with van der Waals surface area (Å²) < 4.78 is 27.2. The highest BCUT2D eigenvalue weighted by Gasteiger charge is 2.15. The van der Waals surface area contributed by atoms with Crippen molar-refractivity contribution in [3.8, 4) is 0 Å². The van der Waals surface area contributed by atoms with E-state index in [0.717, 1.165) is 36.8 Å². The molecule has 1 aromatic rings. The number of nitrogens with zero attached hydrogens (tertiary/aromatic N) is 2. The maximum absolute atomic E-state index is 12.1. The standard InChI is InChI=1S/C16H28N4O2S2.HI/c1-5-7-8-13-20(4)16(17-6-2)18-11-12-19-24(21,22)15-10-9-14(3)23-15;/h5,9-10,19H,1,6-8,11-13H2,2-4H3,(H,17,18);1H. The average molecular weight is 500 g/mol. The lowest BCUT2D eigenvalue weighted by Gasteiger charge is -2.21. The topological polar surface area (TPSA) is 73.8 Å². The van der Waals surface area contributed by atoms with Gasteiger partial charge < -0.3 is 10.2 Å². The molecule has 1 aromatic heterocycles. The van der Waals surface area contributed by atoms with E-state index < -0.39 is 10.0 Å². The van der Waals surface area contributed by atoms with Gasteiger partial charge in [-0.25, -0.2) is 13.1 Å². The molecule has 0 fully saturated rings. The molecular weight excluding hydrogens is 471 g/mol. The van der Waals surface area contributed by atoms with Gasteiger partial charge in [-0.1, -0.05) is 6.08 Å². The summed E-state index contributed by atoms with van der Waals surface area (Å²) in [4.78, 5) is 7.50. The predicted molar refractivity (Wildman–Crippen MR) is 118 cm³/mol. The SMILES string of the molecule is C=CCCCN(C)C(=NCCNS(=O)(=O)c1ccc(C)s1)NCC.I. The van der Waals surface area contributed by atoms with Crippen LogP contribution in [0.3, 0.4) is 0 Å². The zero-order valence-corrected chi connectivity index (χ0v) is 19.1. The number of sulfonamides is 1. The van der Waals surface area contributed by atoms with Crippen molar-refractivity contribution in [2.24, 2.45) is 4.99 Å². The van der Waals surface area contributed by atoms with Gasteiger partial charge in [0, 0.05) is 31.6 Å². The van der Waals surface area contributed by atoms with Gasteiger partial charge in [0.1, 0.15) is 4.21 Å². The Labute approximate surface area is 172 Å². The van der Waals surface area contributed by atoms with Crippen molar-refractivity contribution < 1.29 is 8.42 Å². The largest absolute Gasteiger partial charge is 0.357 e. The minimum atomic E-state index is -3.43. The van der Waals surface area contributed by atoms with Crippen molar-refractivity contribution in [2.45, 2.75) is 30.9 Å². The lowest BCUT2D eigenvalue weighted by atomic mass is 10.3. The van der Waals surface area contributed by atoms with Crippen molar-refractivity contribution in [1.29, 1.82) is 0 Å². The van der Waals surface area contributed by atoms with Crippen LogP contribution in [0.1, 0.15) is 24.6 Å². The highest BCUT2D eigenvalue weighted by molar-refractivity contribution is 14.0. The van der Waals surface area contributed by atoms with E-state index >= 15 is 0 Å². The van der Waals surface area contributed by atoms with Crippen molar-refractivity contribution in [1.82, 2.24) is 14.9 Å². The summed E-state index contributed by atoms with van der Waals surface area (Å²) in [5, 5.41) is 3.22. The zero-order valence-electron chi connectivity index (χ0n) is 15.1. The number of aryl methyl sites for hydroxylation is 1. The van der Waals surface area contributed by atoms with E-state index in [0.29, 0.717) is 10.8 Å². The number of unbranched alkanes of at least 4 members (excludes halogenated alkanes) is 1. The number of rotatable bonds is 10. The summed E-state index contributed by atoms with van der Waals surface area (Å²) in [6, 6.07) is 3.43. The first kappa shape index (κ1) is 24.4. The first-order valence-corrected chi connectivity index (χ1v) is 10.4. The Balaban J connectivity index is 0.00000576. The Bertz CT molecular complexity index is 644. The average Bonchev–Trinajstić information content (AvgIpc) is 2.98. The normalized spacial score (nSPS) is 11.7. The first-order valence-electron chi connectivity index (χ1n) is 8.07. The monoisotopic (exact) mass is 500 g/mol. The minimum Gasteiger partial charge on any atom is -0.357 e. The van der Waals surface area contributed by atoms with Crippen LogP contribution in [-0.2, 0) is 10.0 Å².